The van der Waals surface area contributed by atoms with Gasteiger partial charge in [-0.2, -0.15) is 0 Å². The van der Waals surface area contributed by atoms with Crippen molar-refractivity contribution in [2.24, 2.45) is 0 Å². The van der Waals surface area contributed by atoms with E-state index in [0.29, 0.717) is 32.3 Å². The maximum atomic E-state index is 11.4. The van der Waals surface area contributed by atoms with E-state index < -0.39 is 6.16 Å². The Kier molecular flexibility index (Phi) is 5.44. The lowest BCUT2D eigenvalue weighted by Crippen LogP contribution is -2.27. The fraction of sp³-hybridized carbons (Fsp3) is 0.200. The van der Waals surface area contributed by atoms with E-state index >= 15 is 0 Å². The second kappa shape index (κ2) is 7.62. The lowest BCUT2D eigenvalue weighted by molar-refractivity contribution is 0.144. The van der Waals surface area contributed by atoms with Crippen LogP contribution in [0.5, 0.6) is 5.75 Å². The fourth-order valence-corrected chi connectivity index (χ4v) is 3.36. The molecule has 0 bridgehead atoms. The summed E-state index contributed by atoms with van der Waals surface area (Å²) in [5, 5.41) is 10.8. The summed E-state index contributed by atoms with van der Waals surface area (Å²) in [4.78, 5) is 17.9. The van der Waals surface area contributed by atoms with Gasteiger partial charge in [0.25, 0.3) is 0 Å². The van der Waals surface area contributed by atoms with Crippen LogP contribution < -0.4 is 9.64 Å². The minimum atomic E-state index is -1.42. The van der Waals surface area contributed by atoms with Gasteiger partial charge in [0.2, 0.25) is 0 Å². The van der Waals surface area contributed by atoms with Gasteiger partial charge in [-0.05, 0) is 31.5 Å². The minimum Gasteiger partial charge on any atom is -0.449 e. The number of halogens is 2. The Labute approximate surface area is 167 Å². The number of hydrogen-bond acceptors (Lipinski definition) is 4. The molecule has 0 amide bonds. The number of fused-ring (bicyclic) bond motifs is 1. The van der Waals surface area contributed by atoms with Gasteiger partial charge in [-0.3, -0.25) is 0 Å². The van der Waals surface area contributed by atoms with Gasteiger partial charge in [0.15, 0.2) is 11.6 Å². The van der Waals surface area contributed by atoms with Crippen LogP contribution in [0.25, 0.3) is 22.0 Å². The SMILES string of the molecule is CC(C)N(C)c1nc2c(Cl)cc(Cl)cc2c(-c2ccccc2)c1OC(=O)O. The number of rotatable bonds is 4. The van der Waals surface area contributed by atoms with Crippen LogP contribution in [0.4, 0.5) is 10.6 Å². The van der Waals surface area contributed by atoms with E-state index in [1.807, 2.05) is 56.1 Å². The highest BCUT2D eigenvalue weighted by Crippen LogP contribution is 2.45. The number of carboxylic acid groups (broad SMARTS) is 1. The first kappa shape index (κ1) is 19.3. The molecule has 2 aromatic carbocycles. The Morgan fingerprint density at radius 2 is 1.85 bits per heavy atom. The molecule has 1 aromatic heterocycles. The maximum absolute atomic E-state index is 11.4. The predicted molar refractivity (Wildman–Crippen MR) is 109 cm³/mol. The molecule has 0 unspecified atom stereocenters. The first-order valence-electron chi connectivity index (χ1n) is 8.31. The second-order valence-corrected chi connectivity index (χ2v) is 7.21. The number of anilines is 1. The molecule has 5 nitrogen and oxygen atoms in total. The molecule has 27 heavy (non-hydrogen) atoms. The lowest BCUT2D eigenvalue weighted by atomic mass is 9.99. The topological polar surface area (TPSA) is 62.7 Å². The maximum Gasteiger partial charge on any atom is 0.511 e. The largest absolute Gasteiger partial charge is 0.511 e. The first-order valence-corrected chi connectivity index (χ1v) is 9.07. The summed E-state index contributed by atoms with van der Waals surface area (Å²) in [6, 6.07) is 12.7. The summed E-state index contributed by atoms with van der Waals surface area (Å²) in [6.45, 7) is 3.95. The van der Waals surface area contributed by atoms with Crippen LogP contribution in [0.1, 0.15) is 13.8 Å². The van der Waals surface area contributed by atoms with E-state index in [4.69, 9.17) is 27.9 Å². The first-order chi connectivity index (χ1) is 12.8. The number of nitrogens with zero attached hydrogens (tertiary/aromatic N) is 2. The van der Waals surface area contributed by atoms with Crippen molar-refractivity contribution < 1.29 is 14.6 Å². The Morgan fingerprint density at radius 1 is 1.19 bits per heavy atom. The van der Waals surface area contributed by atoms with Crippen LogP contribution >= 0.6 is 23.2 Å². The summed E-state index contributed by atoms with van der Waals surface area (Å²) in [5.41, 5.74) is 1.88. The van der Waals surface area contributed by atoms with Crippen molar-refractivity contribution >= 4 is 46.1 Å². The van der Waals surface area contributed by atoms with Gasteiger partial charge in [-0.25, -0.2) is 9.78 Å². The van der Waals surface area contributed by atoms with Crippen molar-refractivity contribution in [1.82, 2.24) is 4.98 Å². The van der Waals surface area contributed by atoms with Gasteiger partial charge in [0.05, 0.1) is 10.5 Å². The van der Waals surface area contributed by atoms with E-state index in [2.05, 4.69) is 4.98 Å². The molecule has 1 N–H and O–H groups in total. The number of aromatic nitrogens is 1. The molecule has 140 valence electrons. The quantitative estimate of drug-likeness (QED) is 0.531. The molecule has 1 heterocycles. The zero-order valence-electron chi connectivity index (χ0n) is 15.0. The molecule has 3 aromatic rings. The molecule has 0 radical (unpaired) electrons. The number of carbonyl (C=O) groups is 1. The highest BCUT2D eigenvalue weighted by Gasteiger charge is 2.25. The molecular weight excluding hydrogens is 387 g/mol. The van der Waals surface area contributed by atoms with Gasteiger partial charge < -0.3 is 14.7 Å². The summed E-state index contributed by atoms with van der Waals surface area (Å²) in [7, 11) is 1.83. The average Bonchev–Trinajstić information content (AvgIpc) is 2.60. The summed E-state index contributed by atoms with van der Waals surface area (Å²) >= 11 is 12.6. The van der Waals surface area contributed by atoms with Crippen LogP contribution in [0.2, 0.25) is 10.0 Å². The van der Waals surface area contributed by atoms with Crippen molar-refractivity contribution in [1.29, 1.82) is 0 Å². The Hall–Kier alpha value is -2.50. The molecule has 7 heteroatoms. The summed E-state index contributed by atoms with van der Waals surface area (Å²) in [5.74, 6) is 0.540. The van der Waals surface area contributed by atoms with E-state index in [1.54, 1.807) is 12.1 Å². The zero-order valence-corrected chi connectivity index (χ0v) is 16.5. The molecular formula is C20H18Cl2N2O3. The molecule has 0 aliphatic rings. The zero-order chi connectivity index (χ0) is 19.7. The van der Waals surface area contributed by atoms with Crippen LogP contribution in [-0.4, -0.2) is 29.3 Å². The smallest absolute Gasteiger partial charge is 0.449 e. The van der Waals surface area contributed by atoms with Crippen molar-refractivity contribution in [2.45, 2.75) is 19.9 Å². The van der Waals surface area contributed by atoms with Crippen molar-refractivity contribution in [2.75, 3.05) is 11.9 Å². The summed E-state index contributed by atoms with van der Waals surface area (Å²) in [6.07, 6.45) is -1.42. The van der Waals surface area contributed by atoms with E-state index in [1.165, 1.54) is 0 Å². The Balaban J connectivity index is 2.50. The highest BCUT2D eigenvalue weighted by atomic mass is 35.5. The molecule has 0 atom stereocenters. The van der Waals surface area contributed by atoms with Crippen molar-refractivity contribution in [3.63, 3.8) is 0 Å². The van der Waals surface area contributed by atoms with Gasteiger partial charge in [0, 0.05) is 29.1 Å². The van der Waals surface area contributed by atoms with E-state index in [9.17, 15) is 9.90 Å². The molecule has 3 rings (SSSR count). The minimum absolute atomic E-state index is 0.0563. The number of ether oxygens (including phenoxy) is 1. The number of hydrogen-bond donors (Lipinski definition) is 1. The van der Waals surface area contributed by atoms with Gasteiger partial charge in [-0.1, -0.05) is 53.5 Å². The average molecular weight is 405 g/mol. The third kappa shape index (κ3) is 3.80. The Bertz CT molecular complexity index is 1010. The predicted octanol–water partition coefficient (Wildman–Crippen LogP) is 6.11. The monoisotopic (exact) mass is 404 g/mol. The van der Waals surface area contributed by atoms with Gasteiger partial charge >= 0.3 is 6.16 Å². The molecule has 0 saturated carbocycles. The van der Waals surface area contributed by atoms with E-state index in [0.717, 1.165) is 5.56 Å². The molecule has 0 fully saturated rings. The third-order valence-electron chi connectivity index (χ3n) is 4.31. The Morgan fingerprint density at radius 3 is 2.44 bits per heavy atom. The molecule has 0 aliphatic heterocycles. The van der Waals surface area contributed by atoms with Crippen molar-refractivity contribution in [3.8, 4) is 16.9 Å². The molecule has 0 spiro atoms. The normalized spacial score (nSPS) is 11.0. The standard InChI is InChI=1S/C20H18Cl2N2O3/c1-11(2)24(3)19-18(27-20(25)26)16(12-7-5-4-6-8-12)14-9-13(21)10-15(22)17(14)23-19/h4-11H,1-3H3,(H,25,26). The van der Waals surface area contributed by atoms with Gasteiger partial charge in [-0.15, -0.1) is 0 Å². The number of pyridine rings is 1. The summed E-state index contributed by atoms with van der Waals surface area (Å²) < 4.78 is 5.22. The third-order valence-corrected chi connectivity index (χ3v) is 4.81. The van der Waals surface area contributed by atoms with Crippen LogP contribution in [0.3, 0.4) is 0 Å². The van der Waals surface area contributed by atoms with Crippen LogP contribution in [-0.2, 0) is 0 Å². The highest BCUT2D eigenvalue weighted by molar-refractivity contribution is 6.39. The van der Waals surface area contributed by atoms with Crippen LogP contribution in [0, 0.1) is 0 Å². The number of benzene rings is 2. The van der Waals surface area contributed by atoms with E-state index in [-0.39, 0.29) is 11.8 Å². The van der Waals surface area contributed by atoms with Crippen molar-refractivity contribution in [3.05, 3.63) is 52.5 Å². The fourth-order valence-electron chi connectivity index (χ4n) is 2.82. The van der Waals surface area contributed by atoms with Crippen LogP contribution in [0.15, 0.2) is 42.5 Å². The second-order valence-electron chi connectivity index (χ2n) is 6.36. The van der Waals surface area contributed by atoms with Gasteiger partial charge in [0.1, 0.15) is 0 Å². The lowest BCUT2D eigenvalue weighted by Gasteiger charge is -2.26. The molecule has 0 saturated heterocycles. The molecule has 0 aliphatic carbocycles.